The van der Waals surface area contributed by atoms with Gasteiger partial charge in [0.2, 0.25) is 0 Å². The number of nitrogens with zero attached hydrogens (tertiary/aromatic N) is 2. The number of anilines is 1. The van der Waals surface area contributed by atoms with Crippen LogP contribution in [0.15, 0.2) is 18.3 Å². The third-order valence-electron chi connectivity index (χ3n) is 4.12. The third-order valence-corrected chi connectivity index (χ3v) is 4.12. The fourth-order valence-corrected chi connectivity index (χ4v) is 2.96. The summed E-state index contributed by atoms with van der Waals surface area (Å²) in [6, 6.07) is 3.93. The van der Waals surface area contributed by atoms with Crippen LogP contribution in [0.5, 0.6) is 0 Å². The first kappa shape index (κ1) is 14.3. The van der Waals surface area contributed by atoms with Crippen LogP contribution in [-0.4, -0.2) is 23.2 Å². The molecule has 0 radical (unpaired) electrons. The molecule has 3 heteroatoms. The van der Waals surface area contributed by atoms with E-state index in [1.807, 2.05) is 18.3 Å². The van der Waals surface area contributed by atoms with Gasteiger partial charge < -0.3 is 10.0 Å². The van der Waals surface area contributed by atoms with Gasteiger partial charge in [0.15, 0.2) is 0 Å². The molecule has 0 amide bonds. The van der Waals surface area contributed by atoms with Crippen molar-refractivity contribution in [2.75, 3.05) is 18.0 Å². The van der Waals surface area contributed by atoms with E-state index >= 15 is 0 Å². The van der Waals surface area contributed by atoms with Crippen molar-refractivity contribution >= 4 is 5.82 Å². The van der Waals surface area contributed by atoms with E-state index in [0.29, 0.717) is 0 Å². The van der Waals surface area contributed by atoms with Gasteiger partial charge >= 0.3 is 0 Å². The van der Waals surface area contributed by atoms with E-state index in [1.54, 1.807) is 6.92 Å². The van der Waals surface area contributed by atoms with Gasteiger partial charge in [-0.15, -0.1) is 0 Å². The van der Waals surface area contributed by atoms with Crippen molar-refractivity contribution in [3.05, 3.63) is 23.9 Å². The fourth-order valence-electron chi connectivity index (χ4n) is 2.96. The molecule has 3 nitrogen and oxygen atoms in total. The van der Waals surface area contributed by atoms with Crippen molar-refractivity contribution in [2.24, 2.45) is 5.92 Å². The minimum absolute atomic E-state index is 0.415. The Morgan fingerprint density at radius 1 is 1.42 bits per heavy atom. The van der Waals surface area contributed by atoms with Gasteiger partial charge in [0, 0.05) is 19.3 Å². The lowest BCUT2D eigenvalue weighted by Gasteiger charge is -2.22. The number of aliphatic hydroxyl groups excluding tert-OH is 1. The lowest BCUT2D eigenvalue weighted by atomic mass is 9.96. The molecule has 0 spiro atoms. The Hall–Kier alpha value is -1.09. The highest BCUT2D eigenvalue weighted by Gasteiger charge is 2.17. The molecule has 1 aliphatic rings. The topological polar surface area (TPSA) is 36.4 Å². The Kier molecular flexibility index (Phi) is 5.20. The number of hydrogen-bond acceptors (Lipinski definition) is 3. The molecule has 1 unspecified atom stereocenters. The molecule has 2 heterocycles. The van der Waals surface area contributed by atoms with Crippen LogP contribution >= 0.6 is 0 Å². The van der Waals surface area contributed by atoms with Crippen molar-refractivity contribution in [1.82, 2.24) is 4.98 Å². The van der Waals surface area contributed by atoms with Gasteiger partial charge in [-0.2, -0.15) is 0 Å². The molecule has 0 bridgehead atoms. The summed E-state index contributed by atoms with van der Waals surface area (Å²) in [7, 11) is 0. The highest BCUT2D eigenvalue weighted by molar-refractivity contribution is 5.41. The number of pyridine rings is 1. The predicted octanol–water partition coefficient (Wildman–Crippen LogP) is 3.54. The summed E-state index contributed by atoms with van der Waals surface area (Å²) in [6.45, 7) is 6.27. The molecular weight excluding hydrogens is 236 g/mol. The van der Waals surface area contributed by atoms with Gasteiger partial charge in [0.05, 0.1) is 6.10 Å². The molecule has 2 atom stereocenters. The molecule has 0 aliphatic carbocycles. The highest BCUT2D eigenvalue weighted by Crippen LogP contribution is 2.25. The van der Waals surface area contributed by atoms with Crippen molar-refractivity contribution in [2.45, 2.75) is 52.1 Å². The summed E-state index contributed by atoms with van der Waals surface area (Å²) in [5.74, 6) is 1.91. The summed E-state index contributed by atoms with van der Waals surface area (Å²) in [6.07, 6.45) is 7.92. The van der Waals surface area contributed by atoms with Crippen LogP contribution in [-0.2, 0) is 0 Å². The molecule has 1 N–H and O–H groups in total. The maximum absolute atomic E-state index is 9.67. The number of aliphatic hydroxyl groups is 1. The summed E-state index contributed by atoms with van der Waals surface area (Å²) in [5, 5.41) is 9.67. The molecule has 106 valence electrons. The number of rotatable bonds is 4. The van der Waals surface area contributed by atoms with E-state index in [-0.39, 0.29) is 0 Å². The zero-order chi connectivity index (χ0) is 13.7. The first-order valence-electron chi connectivity index (χ1n) is 7.59. The first-order chi connectivity index (χ1) is 9.20. The predicted molar refractivity (Wildman–Crippen MR) is 79.3 cm³/mol. The zero-order valence-electron chi connectivity index (χ0n) is 12.2. The Balaban J connectivity index is 2.03. The van der Waals surface area contributed by atoms with E-state index in [9.17, 15) is 5.11 Å². The molecule has 1 aliphatic heterocycles. The lowest BCUT2D eigenvalue weighted by molar-refractivity contribution is 0.199. The third kappa shape index (κ3) is 3.93. The quantitative estimate of drug-likeness (QED) is 0.901. The van der Waals surface area contributed by atoms with Crippen LogP contribution in [0.3, 0.4) is 0 Å². The average Bonchev–Trinajstić information content (AvgIpc) is 2.65. The standard InChI is InChI=1S/C16H26N2O/c1-3-5-14-6-4-10-18(11-8-14)16-12-15(13(2)19)7-9-17-16/h7,9,12-14,19H,3-6,8,10-11H2,1-2H3/t13-,14?/m0/s1. The monoisotopic (exact) mass is 262 g/mol. The van der Waals surface area contributed by atoms with Crippen LogP contribution in [0.2, 0.25) is 0 Å². The summed E-state index contributed by atoms with van der Waals surface area (Å²) in [5.41, 5.74) is 0.958. The van der Waals surface area contributed by atoms with Gasteiger partial charge in [0.1, 0.15) is 5.82 Å². The normalized spacial score (nSPS) is 22.1. The van der Waals surface area contributed by atoms with E-state index in [2.05, 4.69) is 16.8 Å². The summed E-state index contributed by atoms with van der Waals surface area (Å²) < 4.78 is 0. The molecule has 0 saturated carbocycles. The smallest absolute Gasteiger partial charge is 0.128 e. The van der Waals surface area contributed by atoms with Crippen LogP contribution in [0.1, 0.15) is 57.6 Å². The van der Waals surface area contributed by atoms with Gasteiger partial charge in [-0.3, -0.25) is 0 Å². The van der Waals surface area contributed by atoms with Crippen LogP contribution in [0, 0.1) is 5.92 Å². The van der Waals surface area contributed by atoms with Gasteiger partial charge in [-0.25, -0.2) is 4.98 Å². The van der Waals surface area contributed by atoms with Gasteiger partial charge in [-0.05, 0) is 49.8 Å². The molecule has 19 heavy (non-hydrogen) atoms. The molecule has 1 saturated heterocycles. The molecule has 1 aromatic heterocycles. The van der Waals surface area contributed by atoms with E-state index in [1.165, 1.54) is 32.1 Å². The maximum atomic E-state index is 9.67. The van der Waals surface area contributed by atoms with Crippen LogP contribution in [0.25, 0.3) is 0 Å². The summed E-state index contributed by atoms with van der Waals surface area (Å²) in [4.78, 5) is 6.85. The average molecular weight is 262 g/mol. The Morgan fingerprint density at radius 3 is 3.00 bits per heavy atom. The van der Waals surface area contributed by atoms with E-state index in [0.717, 1.165) is 30.4 Å². The second kappa shape index (κ2) is 6.90. The van der Waals surface area contributed by atoms with Crippen LogP contribution in [0.4, 0.5) is 5.82 Å². The van der Waals surface area contributed by atoms with Crippen molar-refractivity contribution in [3.63, 3.8) is 0 Å². The Labute approximate surface area is 116 Å². The van der Waals surface area contributed by atoms with E-state index < -0.39 is 6.10 Å². The number of hydrogen-bond donors (Lipinski definition) is 1. The first-order valence-corrected chi connectivity index (χ1v) is 7.59. The molecule has 2 rings (SSSR count). The molecule has 0 aromatic carbocycles. The minimum Gasteiger partial charge on any atom is -0.389 e. The van der Waals surface area contributed by atoms with Crippen molar-refractivity contribution in [3.8, 4) is 0 Å². The van der Waals surface area contributed by atoms with Gasteiger partial charge in [-0.1, -0.05) is 19.8 Å². The Bertz CT molecular complexity index is 392. The second-order valence-corrected chi connectivity index (χ2v) is 5.70. The summed E-state index contributed by atoms with van der Waals surface area (Å²) >= 11 is 0. The fraction of sp³-hybridized carbons (Fsp3) is 0.688. The molecule has 1 fully saturated rings. The van der Waals surface area contributed by atoms with Crippen molar-refractivity contribution < 1.29 is 5.11 Å². The largest absolute Gasteiger partial charge is 0.389 e. The lowest BCUT2D eigenvalue weighted by Crippen LogP contribution is -2.25. The SMILES string of the molecule is CCCC1CCCN(c2cc([C@H](C)O)ccn2)CC1. The van der Waals surface area contributed by atoms with Crippen LogP contribution < -0.4 is 4.90 Å². The van der Waals surface area contributed by atoms with E-state index in [4.69, 9.17) is 0 Å². The second-order valence-electron chi connectivity index (χ2n) is 5.70. The van der Waals surface area contributed by atoms with Gasteiger partial charge in [0.25, 0.3) is 0 Å². The zero-order valence-corrected chi connectivity index (χ0v) is 12.2. The maximum Gasteiger partial charge on any atom is 0.128 e. The minimum atomic E-state index is -0.415. The Morgan fingerprint density at radius 2 is 2.26 bits per heavy atom. The molecule has 1 aromatic rings. The highest BCUT2D eigenvalue weighted by atomic mass is 16.3. The number of aromatic nitrogens is 1. The molecular formula is C16H26N2O. The van der Waals surface area contributed by atoms with Crippen molar-refractivity contribution in [1.29, 1.82) is 0 Å².